The van der Waals surface area contributed by atoms with Crippen LogP contribution in [0.1, 0.15) is 50.3 Å². The van der Waals surface area contributed by atoms with Crippen molar-refractivity contribution >= 4 is 29.1 Å². The van der Waals surface area contributed by atoms with Crippen LogP contribution in [0.4, 0.5) is 8.78 Å². The van der Waals surface area contributed by atoms with Gasteiger partial charge in [0.25, 0.3) is 0 Å². The van der Waals surface area contributed by atoms with Gasteiger partial charge >= 0.3 is 5.97 Å². The number of carbonyl (C=O) groups excluding carboxylic acids is 1. The molecule has 10 heteroatoms. The van der Waals surface area contributed by atoms with Gasteiger partial charge in [-0.1, -0.05) is 74.0 Å². The third-order valence-electron chi connectivity index (χ3n) is 9.17. The van der Waals surface area contributed by atoms with E-state index in [2.05, 4.69) is 5.32 Å². The highest BCUT2D eigenvalue weighted by molar-refractivity contribution is 6.32. The van der Waals surface area contributed by atoms with Crippen LogP contribution >= 0.6 is 11.6 Å². The van der Waals surface area contributed by atoms with Crippen LogP contribution in [-0.4, -0.2) is 47.6 Å². The van der Waals surface area contributed by atoms with Crippen molar-refractivity contribution < 1.29 is 33.0 Å². The maximum atomic E-state index is 13.9. The van der Waals surface area contributed by atoms with Gasteiger partial charge in [-0.05, 0) is 61.2 Å². The Morgan fingerprint density at radius 3 is 2.45 bits per heavy atom. The van der Waals surface area contributed by atoms with Gasteiger partial charge in [-0.2, -0.15) is 0 Å². The number of benzene rings is 3. The quantitative estimate of drug-likeness (QED) is 0.210. The lowest BCUT2D eigenvalue weighted by Gasteiger charge is -2.46. The molecule has 5 rings (SSSR count). The number of nitrogens with one attached hydrogen (secondary N) is 1. The van der Waals surface area contributed by atoms with Gasteiger partial charge in [0.1, 0.15) is 47.8 Å². The average Bonchev–Trinajstić information content (AvgIpc) is 3.49. The number of allylic oxidation sites excluding steroid dienone is 3. The summed E-state index contributed by atoms with van der Waals surface area (Å²) < 4.78 is 40.4. The van der Waals surface area contributed by atoms with Crippen molar-refractivity contribution in [1.82, 2.24) is 10.2 Å². The number of carbonyl (C=O) groups is 2. The highest BCUT2D eigenvalue weighted by atomic mass is 35.5. The van der Waals surface area contributed by atoms with Crippen LogP contribution in [0, 0.1) is 22.5 Å². The van der Waals surface area contributed by atoms with Gasteiger partial charge in [-0.25, -0.2) is 8.78 Å². The Morgan fingerprint density at radius 1 is 1.04 bits per heavy atom. The monoisotopic (exact) mass is 664 g/mol. The minimum Gasteiger partial charge on any atom is -0.490 e. The van der Waals surface area contributed by atoms with E-state index in [1.807, 2.05) is 74.2 Å². The zero-order valence-electron chi connectivity index (χ0n) is 26.7. The Bertz CT molecular complexity index is 1670. The third-order valence-corrected chi connectivity index (χ3v) is 9.46. The second kappa shape index (κ2) is 14.3. The topological polar surface area (TPSA) is 88.1 Å². The molecular weight excluding hydrogens is 626 g/mol. The van der Waals surface area contributed by atoms with E-state index in [4.69, 9.17) is 21.1 Å². The van der Waals surface area contributed by atoms with E-state index in [1.54, 1.807) is 12.1 Å². The molecule has 3 aromatic carbocycles. The number of carboxylic acids is 1. The van der Waals surface area contributed by atoms with Crippen molar-refractivity contribution in [3.8, 4) is 11.5 Å². The molecule has 1 heterocycles. The van der Waals surface area contributed by atoms with E-state index < -0.39 is 34.5 Å². The molecule has 1 unspecified atom stereocenters. The highest BCUT2D eigenvalue weighted by Crippen LogP contribution is 2.53. The number of amides is 1. The van der Waals surface area contributed by atoms with E-state index in [0.29, 0.717) is 30.8 Å². The molecule has 248 valence electrons. The molecule has 2 N–H and O–H groups in total. The zero-order chi connectivity index (χ0) is 33.8. The summed E-state index contributed by atoms with van der Waals surface area (Å²) in [5, 5.41) is 13.0. The lowest BCUT2D eigenvalue weighted by molar-refractivity contribution is -0.142. The van der Waals surface area contributed by atoms with Gasteiger partial charge in [0, 0.05) is 36.2 Å². The molecule has 0 radical (unpaired) electrons. The summed E-state index contributed by atoms with van der Waals surface area (Å²) in [6, 6.07) is 15.6. The Hall–Kier alpha value is -4.21. The molecule has 2 aliphatic rings. The fourth-order valence-electron chi connectivity index (χ4n) is 6.52. The van der Waals surface area contributed by atoms with Crippen LogP contribution in [0.5, 0.6) is 11.5 Å². The summed E-state index contributed by atoms with van der Waals surface area (Å²) in [6.45, 7) is 6.90. The molecular formula is C37H39ClF2N2O5. The fourth-order valence-corrected chi connectivity index (χ4v) is 6.76. The molecule has 7 nitrogen and oxygen atoms in total. The number of aliphatic carboxylic acids is 1. The van der Waals surface area contributed by atoms with Crippen LogP contribution in [-0.2, 0) is 22.7 Å². The van der Waals surface area contributed by atoms with Crippen molar-refractivity contribution in [3.63, 3.8) is 0 Å². The molecule has 47 heavy (non-hydrogen) atoms. The van der Waals surface area contributed by atoms with Crippen LogP contribution in [0.3, 0.4) is 0 Å². The highest BCUT2D eigenvalue weighted by Gasteiger charge is 2.53. The summed E-state index contributed by atoms with van der Waals surface area (Å²) in [6.07, 6.45) is 7.00. The first-order valence-electron chi connectivity index (χ1n) is 15.7. The van der Waals surface area contributed by atoms with Gasteiger partial charge in [0.15, 0.2) is 0 Å². The van der Waals surface area contributed by atoms with Gasteiger partial charge in [0.05, 0.1) is 5.02 Å². The van der Waals surface area contributed by atoms with Crippen LogP contribution < -0.4 is 14.8 Å². The van der Waals surface area contributed by atoms with Crippen LogP contribution in [0.15, 0.2) is 78.9 Å². The van der Waals surface area contributed by atoms with Crippen LogP contribution in [0.2, 0.25) is 5.02 Å². The predicted octanol–water partition coefficient (Wildman–Crippen LogP) is 7.43. The van der Waals surface area contributed by atoms with Crippen molar-refractivity contribution in [2.75, 3.05) is 19.7 Å². The standard InChI is InChI=1S/C37H39ClF2N2O5/c1-4-41-35(45)37(14-8-12-29(36(37,2)3)25-10-6-5-7-11-25)23-47-33-20-32(46-22-24-16-27(39)19-28(40)17-24)26(18-30(33)38)21-42-15-9-13-31(42)34(43)44/h5-8,10-12,14,16-20,31H,4,9,13,15,21-23H2,1-3H3,(H,41,45)(H,43,44)/t31-,37?/m0/s1. The van der Waals surface area contributed by atoms with Crippen LogP contribution in [0.25, 0.3) is 5.57 Å². The maximum Gasteiger partial charge on any atom is 0.320 e. The number of hydrogen-bond donors (Lipinski definition) is 2. The minimum absolute atomic E-state index is 0.0622. The fraction of sp³-hybridized carbons (Fsp3) is 0.351. The Labute approximate surface area is 278 Å². The Balaban J connectivity index is 1.48. The van der Waals surface area contributed by atoms with E-state index in [9.17, 15) is 23.5 Å². The zero-order valence-corrected chi connectivity index (χ0v) is 27.4. The SMILES string of the molecule is CCNC(=O)C1(COc2cc(OCc3cc(F)cc(F)c3)c(CN3CCC[C@H]3C(=O)O)cc2Cl)C=CC=C(c2ccccc2)C1(C)C. The Morgan fingerprint density at radius 2 is 1.77 bits per heavy atom. The van der Waals surface area contributed by atoms with Gasteiger partial charge < -0.3 is 19.9 Å². The lowest BCUT2D eigenvalue weighted by atomic mass is 9.58. The van der Waals surface area contributed by atoms with E-state index in [0.717, 1.165) is 23.6 Å². The first-order valence-corrected chi connectivity index (χ1v) is 16.1. The predicted molar refractivity (Wildman–Crippen MR) is 177 cm³/mol. The first-order chi connectivity index (χ1) is 22.4. The lowest BCUT2D eigenvalue weighted by Crippen LogP contribution is -2.53. The summed E-state index contributed by atoms with van der Waals surface area (Å²) >= 11 is 6.80. The summed E-state index contributed by atoms with van der Waals surface area (Å²) in [4.78, 5) is 27.6. The van der Waals surface area contributed by atoms with E-state index >= 15 is 0 Å². The van der Waals surface area contributed by atoms with Gasteiger partial charge in [0.2, 0.25) is 5.91 Å². The van der Waals surface area contributed by atoms with Gasteiger partial charge in [-0.3, -0.25) is 14.5 Å². The molecule has 0 spiro atoms. The van der Waals surface area contributed by atoms with E-state index in [-0.39, 0.29) is 42.0 Å². The first kappa shape index (κ1) is 34.1. The van der Waals surface area contributed by atoms with Crippen molar-refractivity contribution in [2.45, 2.75) is 52.8 Å². The number of carboxylic acid groups (broad SMARTS) is 1. The number of rotatable bonds is 12. The average molecular weight is 665 g/mol. The Kier molecular flexibility index (Phi) is 10.4. The minimum atomic E-state index is -1.13. The molecule has 0 aromatic heterocycles. The number of halogens is 3. The number of likely N-dealkylation sites (tertiary alicyclic amines) is 1. The van der Waals surface area contributed by atoms with Crippen molar-refractivity contribution in [2.24, 2.45) is 10.8 Å². The summed E-state index contributed by atoms with van der Waals surface area (Å²) in [5.74, 6) is -2.00. The molecule has 3 aromatic rings. The normalized spacial score (nSPS) is 20.5. The second-order valence-corrected chi connectivity index (χ2v) is 12.9. The molecule has 1 aliphatic carbocycles. The molecule has 2 atom stereocenters. The maximum absolute atomic E-state index is 13.9. The molecule has 1 amide bonds. The summed E-state index contributed by atoms with van der Waals surface area (Å²) in [5.41, 5.74) is 0.996. The number of ether oxygens (including phenoxy) is 2. The second-order valence-electron chi connectivity index (χ2n) is 12.5. The molecule has 0 bridgehead atoms. The molecule has 1 saturated heterocycles. The third kappa shape index (κ3) is 7.21. The molecule has 1 aliphatic heterocycles. The molecule has 0 saturated carbocycles. The van der Waals surface area contributed by atoms with Gasteiger partial charge in [-0.15, -0.1) is 0 Å². The van der Waals surface area contributed by atoms with Crippen molar-refractivity contribution in [1.29, 1.82) is 0 Å². The smallest absolute Gasteiger partial charge is 0.320 e. The number of nitrogens with zero attached hydrogens (tertiary/aromatic N) is 1. The molecule has 1 fully saturated rings. The van der Waals surface area contributed by atoms with E-state index in [1.165, 1.54) is 12.1 Å². The number of hydrogen-bond acceptors (Lipinski definition) is 5. The van der Waals surface area contributed by atoms with Crippen molar-refractivity contribution in [3.05, 3.63) is 112 Å². The summed E-state index contributed by atoms with van der Waals surface area (Å²) in [7, 11) is 0. The largest absolute Gasteiger partial charge is 0.490 e.